The first-order chi connectivity index (χ1) is 16.7. The Morgan fingerprint density at radius 3 is 2.51 bits per heavy atom. The molecular weight excluding hydrogens is 478 g/mol. The molecule has 4 nitrogen and oxygen atoms in total. The van der Waals surface area contributed by atoms with E-state index in [4.69, 9.17) is 20.8 Å². The molecule has 1 amide bonds. The van der Waals surface area contributed by atoms with E-state index in [9.17, 15) is 4.79 Å². The van der Waals surface area contributed by atoms with Crippen LogP contribution in [-0.4, -0.2) is 5.91 Å². The maximum atomic E-state index is 12.8. The fourth-order valence-electron chi connectivity index (χ4n) is 3.46. The van der Waals surface area contributed by atoms with E-state index >= 15 is 0 Å². The molecule has 0 saturated carbocycles. The normalized spacial score (nSPS) is 11.3. The fourth-order valence-corrected chi connectivity index (χ4v) is 4.59. The number of rotatable bonds is 7. The molecule has 0 spiro atoms. The molecule has 0 aliphatic carbocycles. The number of furan rings is 1. The van der Waals surface area contributed by atoms with Gasteiger partial charge in [0.1, 0.15) is 11.5 Å². The minimum Gasteiger partial charge on any atom is -0.457 e. The second-order valence-electron chi connectivity index (χ2n) is 9.27. The fraction of sp³-hybridized carbons (Fsp3) is 0.207. The number of ether oxygens (including phenoxy) is 1. The molecule has 0 atom stereocenters. The zero-order valence-electron chi connectivity index (χ0n) is 20.2. The predicted octanol–water partition coefficient (Wildman–Crippen LogP) is 8.41. The monoisotopic (exact) mass is 505 g/mol. The largest absolute Gasteiger partial charge is 0.457 e. The molecule has 0 radical (unpaired) electrons. The molecule has 6 heteroatoms. The van der Waals surface area contributed by atoms with Crippen molar-refractivity contribution in [3.05, 3.63) is 106 Å². The van der Waals surface area contributed by atoms with Crippen LogP contribution < -0.4 is 10.1 Å². The summed E-state index contributed by atoms with van der Waals surface area (Å²) >= 11 is 7.94. The van der Waals surface area contributed by atoms with Gasteiger partial charge >= 0.3 is 0 Å². The third-order valence-corrected chi connectivity index (χ3v) is 6.98. The number of carbonyl (C=O) groups excluding carboxylic acids is 1. The molecule has 0 aliphatic rings. The maximum Gasteiger partial charge on any atom is 0.287 e. The van der Waals surface area contributed by atoms with Crippen molar-refractivity contribution < 1.29 is 13.9 Å². The van der Waals surface area contributed by atoms with E-state index in [1.54, 1.807) is 12.1 Å². The molecule has 0 fully saturated rings. The van der Waals surface area contributed by atoms with Crippen LogP contribution in [0.4, 0.5) is 0 Å². The third kappa shape index (κ3) is 6.30. The molecule has 4 aromatic rings. The number of aryl methyl sites for hydroxylation is 1. The number of hydrogen-bond acceptors (Lipinski definition) is 4. The van der Waals surface area contributed by atoms with Gasteiger partial charge in [0.25, 0.3) is 5.91 Å². The highest BCUT2D eigenvalue weighted by atomic mass is 35.5. The molecule has 1 heterocycles. The van der Waals surface area contributed by atoms with E-state index in [-0.39, 0.29) is 23.6 Å². The molecule has 0 bridgehead atoms. The summed E-state index contributed by atoms with van der Waals surface area (Å²) in [5.74, 6) is 1.21. The number of amides is 1. The summed E-state index contributed by atoms with van der Waals surface area (Å²) in [6.45, 7) is 8.85. The first kappa shape index (κ1) is 25.0. The van der Waals surface area contributed by atoms with E-state index < -0.39 is 0 Å². The standard InChI is InChI=1S/C29H28ClNO3S/c1-19-13-14-20(29(2,3)4)17-26(19)35-27-16-15-25(34-27)28(32)31-18-22-23(30)11-8-12-24(22)33-21-9-6-5-7-10-21/h5-17H,18H2,1-4H3,(H,31,32). The van der Waals surface area contributed by atoms with Gasteiger partial charge in [-0.05, 0) is 65.9 Å². The molecular formula is C29H28ClNO3S. The molecule has 3 aromatic carbocycles. The lowest BCUT2D eigenvalue weighted by Gasteiger charge is -2.20. The van der Waals surface area contributed by atoms with Gasteiger partial charge < -0.3 is 14.5 Å². The van der Waals surface area contributed by atoms with E-state index in [0.29, 0.717) is 27.2 Å². The van der Waals surface area contributed by atoms with Crippen LogP contribution in [0.5, 0.6) is 11.5 Å². The topological polar surface area (TPSA) is 51.5 Å². The Labute approximate surface area is 215 Å². The van der Waals surface area contributed by atoms with Gasteiger partial charge in [0, 0.05) is 22.0 Å². The third-order valence-electron chi connectivity index (χ3n) is 5.54. The van der Waals surface area contributed by atoms with Gasteiger partial charge in [-0.1, -0.05) is 80.5 Å². The van der Waals surface area contributed by atoms with Crippen LogP contribution in [0.1, 0.15) is 48.0 Å². The van der Waals surface area contributed by atoms with Crippen molar-refractivity contribution in [2.45, 2.75) is 49.6 Å². The first-order valence-corrected chi connectivity index (χ1v) is 12.6. The summed E-state index contributed by atoms with van der Waals surface area (Å²) in [6.07, 6.45) is 0. The number of halogens is 1. The number of nitrogens with one attached hydrogen (secondary N) is 1. The Morgan fingerprint density at radius 1 is 1.00 bits per heavy atom. The smallest absolute Gasteiger partial charge is 0.287 e. The second kappa shape index (κ2) is 10.6. The Balaban J connectivity index is 1.45. The van der Waals surface area contributed by atoms with Crippen molar-refractivity contribution in [2.75, 3.05) is 0 Å². The Kier molecular flexibility index (Phi) is 7.58. The number of carbonyl (C=O) groups is 1. The van der Waals surface area contributed by atoms with Gasteiger partial charge in [-0.3, -0.25) is 4.79 Å². The SMILES string of the molecule is Cc1ccc(C(C)(C)C)cc1Sc1ccc(C(=O)NCc2c(Cl)cccc2Oc2ccccc2)o1. The van der Waals surface area contributed by atoms with Gasteiger partial charge in [-0.25, -0.2) is 0 Å². The Bertz CT molecular complexity index is 1330. The van der Waals surface area contributed by atoms with Crippen molar-refractivity contribution in [1.82, 2.24) is 5.32 Å². The van der Waals surface area contributed by atoms with Gasteiger partial charge in [-0.15, -0.1) is 0 Å². The van der Waals surface area contributed by atoms with Crippen LogP contribution in [0.3, 0.4) is 0 Å². The molecule has 4 rings (SSSR count). The van der Waals surface area contributed by atoms with E-state index in [1.807, 2.05) is 48.5 Å². The summed E-state index contributed by atoms with van der Waals surface area (Å²) in [5.41, 5.74) is 3.17. The zero-order valence-corrected chi connectivity index (χ0v) is 21.8. The average Bonchev–Trinajstić information content (AvgIpc) is 3.29. The quantitative estimate of drug-likeness (QED) is 0.274. The van der Waals surface area contributed by atoms with Crippen molar-refractivity contribution >= 4 is 29.3 Å². The van der Waals surface area contributed by atoms with E-state index in [0.717, 1.165) is 10.5 Å². The lowest BCUT2D eigenvalue weighted by Crippen LogP contribution is -2.22. The molecule has 1 N–H and O–H groups in total. The molecule has 35 heavy (non-hydrogen) atoms. The highest BCUT2D eigenvalue weighted by Gasteiger charge is 2.18. The zero-order chi connectivity index (χ0) is 25.0. The summed E-state index contributed by atoms with van der Waals surface area (Å²) in [4.78, 5) is 13.9. The van der Waals surface area contributed by atoms with Crippen molar-refractivity contribution in [1.29, 1.82) is 0 Å². The maximum absolute atomic E-state index is 12.8. The summed E-state index contributed by atoms with van der Waals surface area (Å²) in [5, 5.41) is 4.07. The lowest BCUT2D eigenvalue weighted by atomic mass is 9.87. The second-order valence-corrected chi connectivity index (χ2v) is 10.7. The Hall–Kier alpha value is -3.15. The molecule has 0 unspecified atom stereocenters. The molecule has 0 saturated heterocycles. The predicted molar refractivity (Wildman–Crippen MR) is 142 cm³/mol. The molecule has 180 valence electrons. The molecule has 0 aliphatic heterocycles. The minimum absolute atomic E-state index is 0.0546. The first-order valence-electron chi connectivity index (χ1n) is 11.4. The van der Waals surface area contributed by atoms with E-state index in [1.165, 1.54) is 17.3 Å². The number of hydrogen-bond donors (Lipinski definition) is 1. The Morgan fingerprint density at radius 2 is 1.77 bits per heavy atom. The summed E-state index contributed by atoms with van der Waals surface area (Å²) < 4.78 is 11.8. The number of para-hydroxylation sites is 1. The lowest BCUT2D eigenvalue weighted by molar-refractivity contribution is 0.0918. The van der Waals surface area contributed by atoms with Gasteiger partial charge in [0.15, 0.2) is 10.9 Å². The van der Waals surface area contributed by atoms with Crippen LogP contribution in [0, 0.1) is 6.92 Å². The number of benzene rings is 3. The highest BCUT2D eigenvalue weighted by Crippen LogP contribution is 2.35. The van der Waals surface area contributed by atoms with Crippen molar-refractivity contribution in [3.8, 4) is 11.5 Å². The van der Waals surface area contributed by atoms with Gasteiger partial charge in [0.05, 0.1) is 0 Å². The van der Waals surface area contributed by atoms with Crippen molar-refractivity contribution in [2.24, 2.45) is 0 Å². The van der Waals surface area contributed by atoms with Crippen LogP contribution in [0.25, 0.3) is 0 Å². The van der Waals surface area contributed by atoms with E-state index in [2.05, 4.69) is 51.2 Å². The molecule has 1 aromatic heterocycles. The van der Waals surface area contributed by atoms with Crippen molar-refractivity contribution in [3.63, 3.8) is 0 Å². The van der Waals surface area contributed by atoms with Crippen LogP contribution in [-0.2, 0) is 12.0 Å². The van der Waals surface area contributed by atoms with Gasteiger partial charge in [0.2, 0.25) is 0 Å². The van der Waals surface area contributed by atoms with Gasteiger partial charge in [-0.2, -0.15) is 0 Å². The van der Waals surface area contributed by atoms with Crippen LogP contribution in [0.15, 0.2) is 93.3 Å². The summed E-state index contributed by atoms with van der Waals surface area (Å²) in [7, 11) is 0. The minimum atomic E-state index is -0.317. The summed E-state index contributed by atoms with van der Waals surface area (Å²) in [6, 6.07) is 24.8. The average molecular weight is 506 g/mol. The highest BCUT2D eigenvalue weighted by molar-refractivity contribution is 7.99. The van der Waals surface area contributed by atoms with Crippen LogP contribution in [0.2, 0.25) is 5.02 Å². The van der Waals surface area contributed by atoms with Crippen LogP contribution >= 0.6 is 23.4 Å².